The zero-order valence-electron chi connectivity index (χ0n) is 10.6. The average molecular weight is 273 g/mol. The minimum absolute atomic E-state index is 0.0274. The first-order valence-corrected chi connectivity index (χ1v) is 5.40. The van der Waals surface area contributed by atoms with Gasteiger partial charge in [0.05, 0.1) is 20.1 Å². The van der Waals surface area contributed by atoms with E-state index < -0.39 is 24.0 Å². The van der Waals surface area contributed by atoms with E-state index in [-0.39, 0.29) is 19.6 Å². The van der Waals surface area contributed by atoms with E-state index in [4.69, 9.17) is 0 Å². The van der Waals surface area contributed by atoms with Gasteiger partial charge < -0.3 is 19.5 Å². The Morgan fingerprint density at radius 2 is 1.74 bits per heavy atom. The highest BCUT2D eigenvalue weighted by Gasteiger charge is 2.08. The van der Waals surface area contributed by atoms with Crippen molar-refractivity contribution in [1.29, 1.82) is 0 Å². The molecule has 0 aliphatic rings. The minimum Gasteiger partial charge on any atom is -0.469 e. The second-order valence-electron chi connectivity index (χ2n) is 3.05. The molecule has 0 saturated heterocycles. The predicted molar refractivity (Wildman–Crippen MR) is 61.9 cm³/mol. The lowest BCUT2D eigenvalue weighted by Crippen LogP contribution is -2.28. The van der Waals surface area contributed by atoms with Crippen molar-refractivity contribution < 1.29 is 33.4 Å². The molecule has 19 heavy (non-hydrogen) atoms. The lowest BCUT2D eigenvalue weighted by Gasteiger charge is -2.02. The number of carbonyl (C=O) groups excluding carboxylic acids is 4. The van der Waals surface area contributed by atoms with Crippen LogP contribution in [0.4, 0.5) is 4.79 Å². The number of nitrogens with one attached hydrogen (secondary N) is 1. The molecule has 0 bridgehead atoms. The van der Waals surface area contributed by atoms with Crippen LogP contribution in [0.1, 0.15) is 13.3 Å². The van der Waals surface area contributed by atoms with Gasteiger partial charge in [0.25, 0.3) is 0 Å². The Morgan fingerprint density at radius 1 is 1.11 bits per heavy atom. The van der Waals surface area contributed by atoms with Crippen molar-refractivity contribution in [2.45, 2.75) is 13.3 Å². The lowest BCUT2D eigenvalue weighted by molar-refractivity contribution is -0.140. The van der Waals surface area contributed by atoms with E-state index in [0.717, 1.165) is 12.2 Å². The van der Waals surface area contributed by atoms with Crippen LogP contribution in [0.25, 0.3) is 0 Å². The lowest BCUT2D eigenvalue weighted by atomic mass is 10.4. The van der Waals surface area contributed by atoms with E-state index in [1.54, 1.807) is 6.92 Å². The molecule has 0 aromatic heterocycles. The van der Waals surface area contributed by atoms with Crippen molar-refractivity contribution in [3.63, 3.8) is 0 Å². The summed E-state index contributed by atoms with van der Waals surface area (Å²) in [6.45, 7) is 1.76. The van der Waals surface area contributed by atoms with E-state index in [1.165, 1.54) is 7.11 Å². The smallest absolute Gasteiger partial charge is 0.415 e. The Hall–Kier alpha value is -2.38. The number of hydrogen-bond acceptors (Lipinski definition) is 7. The van der Waals surface area contributed by atoms with E-state index in [1.807, 2.05) is 0 Å². The van der Waals surface area contributed by atoms with Crippen LogP contribution in [0.2, 0.25) is 0 Å². The largest absolute Gasteiger partial charge is 0.469 e. The molecule has 0 rings (SSSR count). The number of amides is 1. The molecule has 0 aromatic rings. The standard InChI is InChI=1S/C11H15NO7/c1-3-18-9(14)4-5-10(15)19-11(16)12-7-6-8(13)17-2/h4-5H,3,6-7H2,1-2H3,(H,12,16)/b5-4+. The first-order chi connectivity index (χ1) is 8.99. The monoisotopic (exact) mass is 273 g/mol. The molecule has 0 saturated carbocycles. The summed E-state index contributed by atoms with van der Waals surface area (Å²) >= 11 is 0. The molecule has 0 unspecified atom stereocenters. The summed E-state index contributed by atoms with van der Waals surface area (Å²) in [5.41, 5.74) is 0. The molecule has 0 fully saturated rings. The highest BCUT2D eigenvalue weighted by atomic mass is 16.6. The van der Waals surface area contributed by atoms with Crippen LogP contribution in [0.3, 0.4) is 0 Å². The Labute approximate surface area is 109 Å². The first kappa shape index (κ1) is 16.6. The van der Waals surface area contributed by atoms with Gasteiger partial charge in [-0.3, -0.25) is 4.79 Å². The van der Waals surface area contributed by atoms with Gasteiger partial charge in [-0.25, -0.2) is 14.4 Å². The molecule has 0 spiro atoms. The predicted octanol–water partition coefficient (Wildman–Crippen LogP) is -0.0784. The van der Waals surface area contributed by atoms with E-state index >= 15 is 0 Å². The van der Waals surface area contributed by atoms with Crippen molar-refractivity contribution in [3.05, 3.63) is 12.2 Å². The fraction of sp³-hybridized carbons (Fsp3) is 0.455. The van der Waals surface area contributed by atoms with Crippen LogP contribution < -0.4 is 5.32 Å². The Morgan fingerprint density at radius 3 is 2.32 bits per heavy atom. The summed E-state index contributed by atoms with van der Waals surface area (Å²) in [7, 11) is 1.21. The fourth-order valence-electron chi connectivity index (χ4n) is 0.857. The van der Waals surface area contributed by atoms with Gasteiger partial charge in [-0.15, -0.1) is 0 Å². The average Bonchev–Trinajstić information content (AvgIpc) is 2.36. The van der Waals surface area contributed by atoms with Crippen molar-refractivity contribution >= 4 is 24.0 Å². The molecule has 0 atom stereocenters. The molecule has 0 aliphatic heterocycles. The van der Waals surface area contributed by atoms with Crippen LogP contribution in [0.5, 0.6) is 0 Å². The maximum atomic E-state index is 11.0. The highest BCUT2D eigenvalue weighted by Crippen LogP contribution is 1.88. The van der Waals surface area contributed by atoms with E-state index in [0.29, 0.717) is 0 Å². The Bertz CT molecular complexity index is 375. The van der Waals surface area contributed by atoms with Crippen molar-refractivity contribution in [1.82, 2.24) is 5.32 Å². The van der Waals surface area contributed by atoms with Crippen molar-refractivity contribution in [2.24, 2.45) is 0 Å². The summed E-state index contributed by atoms with van der Waals surface area (Å²) < 4.78 is 13.1. The topological polar surface area (TPSA) is 108 Å². The molecule has 0 heterocycles. The summed E-state index contributed by atoms with van der Waals surface area (Å²) in [5.74, 6) is -2.25. The second-order valence-corrected chi connectivity index (χ2v) is 3.05. The number of methoxy groups -OCH3 is 1. The van der Waals surface area contributed by atoms with Crippen LogP contribution in [0, 0.1) is 0 Å². The minimum atomic E-state index is -1.03. The summed E-state index contributed by atoms with van der Waals surface area (Å²) in [6, 6.07) is 0. The van der Waals surface area contributed by atoms with Gasteiger partial charge in [0.15, 0.2) is 0 Å². The van der Waals surface area contributed by atoms with E-state index in [2.05, 4.69) is 19.5 Å². The molecule has 0 aliphatic carbocycles. The SMILES string of the molecule is CCOC(=O)/C=C/C(=O)OC(=O)NCCC(=O)OC. The first-order valence-electron chi connectivity index (χ1n) is 5.40. The third-order valence-electron chi connectivity index (χ3n) is 1.66. The fourth-order valence-corrected chi connectivity index (χ4v) is 0.857. The van der Waals surface area contributed by atoms with Gasteiger partial charge in [-0.05, 0) is 6.92 Å². The summed E-state index contributed by atoms with van der Waals surface area (Å²) in [6.07, 6.45) is 0.534. The zero-order chi connectivity index (χ0) is 14.7. The Balaban J connectivity index is 3.90. The zero-order valence-corrected chi connectivity index (χ0v) is 10.6. The van der Waals surface area contributed by atoms with Gasteiger partial charge in [0.2, 0.25) is 0 Å². The number of ether oxygens (including phenoxy) is 3. The third kappa shape index (κ3) is 9.33. The number of esters is 3. The van der Waals surface area contributed by atoms with Gasteiger partial charge in [0.1, 0.15) is 0 Å². The summed E-state index contributed by atoms with van der Waals surface area (Å²) in [5, 5.41) is 2.16. The van der Waals surface area contributed by atoms with Crippen molar-refractivity contribution in [3.8, 4) is 0 Å². The molecule has 8 nitrogen and oxygen atoms in total. The molecule has 8 heteroatoms. The Kier molecular flexibility index (Phi) is 8.42. The van der Waals surface area contributed by atoms with Crippen molar-refractivity contribution in [2.75, 3.05) is 20.3 Å². The van der Waals surface area contributed by atoms with Gasteiger partial charge in [-0.1, -0.05) is 0 Å². The van der Waals surface area contributed by atoms with Crippen LogP contribution in [-0.2, 0) is 28.6 Å². The van der Waals surface area contributed by atoms with Crippen LogP contribution in [-0.4, -0.2) is 44.3 Å². The maximum absolute atomic E-state index is 11.0. The number of alkyl carbamates (subject to hydrolysis) is 1. The molecule has 0 aromatic carbocycles. The molecule has 106 valence electrons. The molecule has 1 N–H and O–H groups in total. The van der Waals surface area contributed by atoms with Gasteiger partial charge in [-0.2, -0.15) is 0 Å². The third-order valence-corrected chi connectivity index (χ3v) is 1.66. The van der Waals surface area contributed by atoms with Crippen LogP contribution in [0.15, 0.2) is 12.2 Å². The number of carbonyl (C=O) groups is 4. The molecule has 1 amide bonds. The van der Waals surface area contributed by atoms with Gasteiger partial charge >= 0.3 is 24.0 Å². The summed E-state index contributed by atoms with van der Waals surface area (Å²) in [4.78, 5) is 43.6. The second kappa shape index (κ2) is 9.63. The normalized spacial score (nSPS) is 9.79. The quantitative estimate of drug-likeness (QED) is 0.312. The maximum Gasteiger partial charge on any atom is 0.415 e. The van der Waals surface area contributed by atoms with Crippen LogP contribution >= 0.6 is 0 Å². The van der Waals surface area contributed by atoms with E-state index in [9.17, 15) is 19.2 Å². The number of rotatable bonds is 6. The highest BCUT2D eigenvalue weighted by molar-refractivity contribution is 5.96. The molecular weight excluding hydrogens is 258 g/mol. The molecular formula is C11H15NO7. The number of hydrogen-bond donors (Lipinski definition) is 1. The van der Waals surface area contributed by atoms with Gasteiger partial charge in [0, 0.05) is 18.7 Å². The molecule has 0 radical (unpaired) electrons.